The van der Waals surface area contributed by atoms with Gasteiger partial charge in [-0.3, -0.25) is 4.79 Å². The lowest BCUT2D eigenvalue weighted by Crippen LogP contribution is -2.46. The fourth-order valence-corrected chi connectivity index (χ4v) is 1.59. The molecule has 1 rings (SSSR count). The molecule has 0 bridgehead atoms. The molecule has 0 unspecified atom stereocenters. The Morgan fingerprint density at radius 2 is 2.00 bits per heavy atom. The molecule has 0 aliphatic heterocycles. The average molecular weight is 266 g/mol. The van der Waals surface area contributed by atoms with Crippen molar-refractivity contribution in [2.45, 2.75) is 25.6 Å². The normalized spacial score (nSPS) is 13.2. The van der Waals surface area contributed by atoms with Crippen LogP contribution in [0.15, 0.2) is 24.3 Å². The first-order chi connectivity index (χ1) is 7.80. The molecule has 0 aromatic heterocycles. The third-order valence-corrected chi connectivity index (χ3v) is 2.52. The summed E-state index contributed by atoms with van der Waals surface area (Å²) in [4.78, 5) is 10.7. The summed E-state index contributed by atoms with van der Waals surface area (Å²) in [5.74, 6) is -0.723. The van der Waals surface area contributed by atoms with E-state index < -0.39 is 18.1 Å². The SMILES string of the molecule is CC(=O)N[C@@H](Cc1ccccc1Cl)C(F)(F)F. The van der Waals surface area contributed by atoms with Gasteiger partial charge in [-0.15, -0.1) is 0 Å². The van der Waals surface area contributed by atoms with Crippen LogP contribution in [-0.2, 0) is 11.2 Å². The summed E-state index contributed by atoms with van der Waals surface area (Å²) in [5, 5.41) is 2.13. The quantitative estimate of drug-likeness (QED) is 0.894. The predicted molar refractivity (Wildman–Crippen MR) is 58.8 cm³/mol. The Balaban J connectivity index is 2.87. The van der Waals surface area contributed by atoms with Crippen LogP contribution in [0.2, 0.25) is 5.02 Å². The van der Waals surface area contributed by atoms with Gasteiger partial charge in [-0.1, -0.05) is 29.8 Å². The number of halogens is 4. The van der Waals surface area contributed by atoms with Gasteiger partial charge < -0.3 is 5.32 Å². The number of amides is 1. The van der Waals surface area contributed by atoms with Crippen molar-refractivity contribution in [2.75, 3.05) is 0 Å². The lowest BCUT2D eigenvalue weighted by molar-refractivity contribution is -0.160. The number of nitrogens with one attached hydrogen (secondary N) is 1. The molecule has 0 heterocycles. The second kappa shape index (κ2) is 5.40. The second-order valence-corrected chi connectivity index (χ2v) is 4.00. The van der Waals surface area contributed by atoms with Crippen LogP contribution in [-0.4, -0.2) is 18.1 Å². The number of rotatable bonds is 3. The van der Waals surface area contributed by atoms with Crippen molar-refractivity contribution in [3.05, 3.63) is 34.9 Å². The highest BCUT2D eigenvalue weighted by atomic mass is 35.5. The highest BCUT2D eigenvalue weighted by molar-refractivity contribution is 6.31. The molecule has 6 heteroatoms. The van der Waals surface area contributed by atoms with Gasteiger partial charge in [0, 0.05) is 18.4 Å². The standard InChI is InChI=1S/C11H11ClF3NO/c1-7(17)16-10(11(13,14)15)6-8-4-2-3-5-9(8)12/h2-5,10H,6H2,1H3,(H,16,17)/t10-/m0/s1. The summed E-state index contributed by atoms with van der Waals surface area (Å²) in [6, 6.07) is 4.33. The summed E-state index contributed by atoms with van der Waals surface area (Å²) >= 11 is 5.77. The third-order valence-electron chi connectivity index (χ3n) is 2.15. The van der Waals surface area contributed by atoms with Gasteiger partial charge in [-0.05, 0) is 11.6 Å². The van der Waals surface area contributed by atoms with Gasteiger partial charge in [0.05, 0.1) is 0 Å². The maximum absolute atomic E-state index is 12.6. The molecule has 17 heavy (non-hydrogen) atoms. The Hall–Kier alpha value is -1.23. The molecule has 1 atom stereocenters. The highest BCUT2D eigenvalue weighted by Gasteiger charge is 2.40. The molecule has 1 amide bonds. The van der Waals surface area contributed by atoms with Gasteiger partial charge in [0.2, 0.25) is 5.91 Å². The van der Waals surface area contributed by atoms with E-state index in [1.165, 1.54) is 12.1 Å². The first-order valence-corrected chi connectivity index (χ1v) is 5.25. The summed E-state index contributed by atoms with van der Waals surface area (Å²) < 4.78 is 37.9. The molecule has 0 aliphatic carbocycles. The first kappa shape index (κ1) is 13.8. The van der Waals surface area contributed by atoms with Gasteiger partial charge in [0.1, 0.15) is 6.04 Å². The zero-order valence-electron chi connectivity index (χ0n) is 9.01. The van der Waals surface area contributed by atoms with Crippen LogP contribution in [0.1, 0.15) is 12.5 Å². The van der Waals surface area contributed by atoms with Crippen molar-refractivity contribution < 1.29 is 18.0 Å². The van der Waals surface area contributed by atoms with E-state index in [4.69, 9.17) is 11.6 Å². The summed E-state index contributed by atoms with van der Waals surface area (Å²) in [6.07, 6.45) is -4.87. The molecule has 0 spiro atoms. The monoisotopic (exact) mass is 265 g/mol. The Morgan fingerprint density at radius 3 is 2.47 bits per heavy atom. The minimum Gasteiger partial charge on any atom is -0.344 e. The molecule has 2 nitrogen and oxygen atoms in total. The van der Waals surface area contributed by atoms with Crippen LogP contribution >= 0.6 is 11.6 Å². The predicted octanol–water partition coefficient (Wildman–Crippen LogP) is 2.95. The maximum Gasteiger partial charge on any atom is 0.408 e. The number of hydrogen-bond acceptors (Lipinski definition) is 1. The molecule has 1 N–H and O–H groups in total. The summed E-state index contributed by atoms with van der Waals surface area (Å²) in [6.45, 7) is 1.05. The summed E-state index contributed by atoms with van der Waals surface area (Å²) in [5.41, 5.74) is 0.352. The Labute approximate surface area is 102 Å². The Kier molecular flexibility index (Phi) is 4.40. The van der Waals surface area contributed by atoms with Crippen molar-refractivity contribution >= 4 is 17.5 Å². The lowest BCUT2D eigenvalue weighted by atomic mass is 10.1. The largest absolute Gasteiger partial charge is 0.408 e. The fraction of sp³-hybridized carbons (Fsp3) is 0.364. The van der Waals surface area contributed by atoms with Gasteiger partial charge in [-0.2, -0.15) is 13.2 Å². The third kappa shape index (κ3) is 4.26. The van der Waals surface area contributed by atoms with Crippen molar-refractivity contribution in [1.29, 1.82) is 0 Å². The number of alkyl halides is 3. The Morgan fingerprint density at radius 1 is 1.41 bits per heavy atom. The number of carbonyl (C=O) groups excluding carboxylic acids is 1. The molecule has 0 radical (unpaired) electrons. The van der Waals surface area contributed by atoms with Crippen LogP contribution in [0.5, 0.6) is 0 Å². The molecule has 0 saturated heterocycles. The zero-order valence-corrected chi connectivity index (χ0v) is 9.77. The zero-order chi connectivity index (χ0) is 13.1. The number of benzene rings is 1. The van der Waals surface area contributed by atoms with E-state index in [1.807, 2.05) is 5.32 Å². The van der Waals surface area contributed by atoms with E-state index in [-0.39, 0.29) is 11.4 Å². The van der Waals surface area contributed by atoms with Gasteiger partial charge in [-0.25, -0.2) is 0 Å². The van der Waals surface area contributed by atoms with Crippen LogP contribution in [0.4, 0.5) is 13.2 Å². The molecule has 0 fully saturated rings. The van der Waals surface area contributed by atoms with Crippen LogP contribution in [0, 0.1) is 0 Å². The topological polar surface area (TPSA) is 29.1 Å². The Bertz CT molecular complexity index is 406. The van der Waals surface area contributed by atoms with Crippen LogP contribution in [0.25, 0.3) is 0 Å². The smallest absolute Gasteiger partial charge is 0.344 e. The van der Waals surface area contributed by atoms with Crippen molar-refractivity contribution in [2.24, 2.45) is 0 Å². The second-order valence-electron chi connectivity index (χ2n) is 3.59. The van der Waals surface area contributed by atoms with E-state index in [0.717, 1.165) is 6.92 Å². The van der Waals surface area contributed by atoms with Gasteiger partial charge in [0.25, 0.3) is 0 Å². The van der Waals surface area contributed by atoms with E-state index in [9.17, 15) is 18.0 Å². The lowest BCUT2D eigenvalue weighted by Gasteiger charge is -2.21. The van der Waals surface area contributed by atoms with Crippen molar-refractivity contribution in [3.63, 3.8) is 0 Å². The van der Waals surface area contributed by atoms with Gasteiger partial charge >= 0.3 is 6.18 Å². The minimum atomic E-state index is -4.50. The average Bonchev–Trinajstić information content (AvgIpc) is 2.18. The van der Waals surface area contributed by atoms with Crippen molar-refractivity contribution in [1.82, 2.24) is 5.32 Å². The van der Waals surface area contributed by atoms with Crippen LogP contribution in [0.3, 0.4) is 0 Å². The first-order valence-electron chi connectivity index (χ1n) is 4.88. The summed E-state index contributed by atoms with van der Waals surface area (Å²) in [7, 11) is 0. The molecule has 1 aromatic carbocycles. The van der Waals surface area contributed by atoms with Gasteiger partial charge in [0.15, 0.2) is 0 Å². The molecule has 0 aliphatic rings. The van der Waals surface area contributed by atoms with E-state index in [2.05, 4.69) is 0 Å². The molecular weight excluding hydrogens is 255 g/mol. The molecular formula is C11H11ClF3NO. The molecule has 0 saturated carbocycles. The van der Waals surface area contributed by atoms with Crippen molar-refractivity contribution in [3.8, 4) is 0 Å². The highest BCUT2D eigenvalue weighted by Crippen LogP contribution is 2.25. The van der Waals surface area contributed by atoms with E-state index >= 15 is 0 Å². The van der Waals surface area contributed by atoms with E-state index in [0.29, 0.717) is 5.56 Å². The maximum atomic E-state index is 12.6. The van der Waals surface area contributed by atoms with Crippen LogP contribution < -0.4 is 5.32 Å². The molecule has 94 valence electrons. The fourth-order valence-electron chi connectivity index (χ4n) is 1.38. The number of hydrogen-bond donors (Lipinski definition) is 1. The van der Waals surface area contributed by atoms with E-state index in [1.54, 1.807) is 12.1 Å². The number of carbonyl (C=O) groups is 1. The minimum absolute atomic E-state index is 0.257. The molecule has 1 aromatic rings.